The van der Waals surface area contributed by atoms with Crippen LogP contribution in [0, 0.1) is 25.5 Å². The van der Waals surface area contributed by atoms with Crippen molar-refractivity contribution in [3.8, 4) is 22.5 Å². The fraction of sp³-hybridized carbons (Fsp3) is 0.125. The molecule has 2 nitrogen and oxygen atoms in total. The number of nitrogens with zero attached hydrogens (tertiary/aromatic N) is 2. The first kappa shape index (κ1) is 19.3. The molecular formula is C24H19ClF2N2. The second-order valence-electron chi connectivity index (χ2n) is 7.11. The van der Waals surface area contributed by atoms with Crippen molar-refractivity contribution >= 4 is 11.6 Å². The van der Waals surface area contributed by atoms with Crippen molar-refractivity contribution in [2.75, 3.05) is 0 Å². The van der Waals surface area contributed by atoms with Crippen LogP contribution < -0.4 is 0 Å². The Balaban J connectivity index is 1.88. The molecule has 0 atom stereocenters. The molecule has 4 aromatic rings. The van der Waals surface area contributed by atoms with Crippen molar-refractivity contribution in [1.29, 1.82) is 0 Å². The molecule has 5 heteroatoms. The SMILES string of the molecule is Cc1ccc(C)c(Cn2nc(-c3ccc(F)cc3)c(Cl)c2-c2ccc(F)cc2)c1. The van der Waals surface area contributed by atoms with Crippen LogP contribution in [0.5, 0.6) is 0 Å². The van der Waals surface area contributed by atoms with Gasteiger partial charge in [-0.05, 0) is 73.5 Å². The van der Waals surface area contributed by atoms with Gasteiger partial charge in [-0.1, -0.05) is 35.4 Å². The summed E-state index contributed by atoms with van der Waals surface area (Å²) >= 11 is 6.74. The first-order valence-electron chi connectivity index (χ1n) is 9.26. The van der Waals surface area contributed by atoms with E-state index in [1.807, 2.05) is 11.6 Å². The van der Waals surface area contributed by atoms with Gasteiger partial charge in [0.25, 0.3) is 0 Å². The van der Waals surface area contributed by atoms with Gasteiger partial charge >= 0.3 is 0 Å². The van der Waals surface area contributed by atoms with E-state index in [-0.39, 0.29) is 11.6 Å². The van der Waals surface area contributed by atoms with E-state index in [2.05, 4.69) is 25.1 Å². The molecule has 1 aromatic heterocycles. The highest BCUT2D eigenvalue weighted by atomic mass is 35.5. The Morgan fingerprint density at radius 2 is 1.41 bits per heavy atom. The second kappa shape index (κ2) is 7.80. The normalized spacial score (nSPS) is 11.1. The number of halogens is 3. The van der Waals surface area contributed by atoms with Crippen molar-refractivity contribution < 1.29 is 8.78 Å². The van der Waals surface area contributed by atoms with Gasteiger partial charge in [-0.15, -0.1) is 0 Å². The number of benzene rings is 3. The summed E-state index contributed by atoms with van der Waals surface area (Å²) in [5.41, 5.74) is 6.19. The van der Waals surface area contributed by atoms with Crippen LogP contribution in [-0.4, -0.2) is 9.78 Å². The number of hydrogen-bond donors (Lipinski definition) is 0. The molecule has 0 radical (unpaired) electrons. The Kier molecular flexibility index (Phi) is 5.20. The molecule has 0 fully saturated rings. The molecule has 0 aliphatic heterocycles. The van der Waals surface area contributed by atoms with Gasteiger partial charge in [0, 0.05) is 11.1 Å². The summed E-state index contributed by atoms with van der Waals surface area (Å²) in [7, 11) is 0. The lowest BCUT2D eigenvalue weighted by molar-refractivity contribution is 0.627. The highest BCUT2D eigenvalue weighted by Crippen LogP contribution is 2.37. The first-order chi connectivity index (χ1) is 13.9. The predicted molar refractivity (Wildman–Crippen MR) is 113 cm³/mol. The monoisotopic (exact) mass is 408 g/mol. The van der Waals surface area contributed by atoms with Crippen molar-refractivity contribution in [1.82, 2.24) is 9.78 Å². The van der Waals surface area contributed by atoms with E-state index in [1.165, 1.54) is 24.3 Å². The Labute approximate surface area is 173 Å². The molecule has 0 saturated heterocycles. The summed E-state index contributed by atoms with van der Waals surface area (Å²) < 4.78 is 28.7. The smallest absolute Gasteiger partial charge is 0.123 e. The maximum Gasteiger partial charge on any atom is 0.123 e. The van der Waals surface area contributed by atoms with E-state index in [9.17, 15) is 8.78 Å². The van der Waals surface area contributed by atoms with E-state index in [0.717, 1.165) is 27.8 Å². The zero-order valence-electron chi connectivity index (χ0n) is 16.1. The largest absolute Gasteiger partial charge is 0.258 e. The van der Waals surface area contributed by atoms with Crippen LogP contribution in [0.1, 0.15) is 16.7 Å². The van der Waals surface area contributed by atoms with Gasteiger partial charge in [-0.25, -0.2) is 8.78 Å². The zero-order chi connectivity index (χ0) is 20.5. The summed E-state index contributed by atoms with van der Waals surface area (Å²) in [5, 5.41) is 5.20. The molecule has 146 valence electrons. The summed E-state index contributed by atoms with van der Waals surface area (Å²) in [4.78, 5) is 0. The Bertz CT molecular complexity index is 1160. The molecule has 0 aliphatic rings. The predicted octanol–water partition coefficient (Wildman–Crippen LogP) is 6.81. The molecule has 0 spiro atoms. The van der Waals surface area contributed by atoms with Crippen molar-refractivity contribution in [2.24, 2.45) is 0 Å². The third kappa shape index (κ3) is 3.94. The van der Waals surface area contributed by atoms with E-state index in [0.29, 0.717) is 23.0 Å². The van der Waals surface area contributed by atoms with Crippen molar-refractivity contribution in [3.63, 3.8) is 0 Å². The molecule has 0 bridgehead atoms. The fourth-order valence-corrected chi connectivity index (χ4v) is 3.72. The van der Waals surface area contributed by atoms with Gasteiger partial charge in [0.1, 0.15) is 17.3 Å². The minimum atomic E-state index is -0.321. The van der Waals surface area contributed by atoms with E-state index < -0.39 is 0 Å². The summed E-state index contributed by atoms with van der Waals surface area (Å²) in [6, 6.07) is 18.5. The average molecular weight is 409 g/mol. The molecule has 29 heavy (non-hydrogen) atoms. The second-order valence-corrected chi connectivity index (χ2v) is 7.49. The molecule has 0 saturated carbocycles. The number of aryl methyl sites for hydroxylation is 2. The van der Waals surface area contributed by atoms with Crippen LogP contribution in [0.2, 0.25) is 5.02 Å². The highest BCUT2D eigenvalue weighted by Gasteiger charge is 2.20. The lowest BCUT2D eigenvalue weighted by Gasteiger charge is -2.11. The maximum absolute atomic E-state index is 13.5. The summed E-state index contributed by atoms with van der Waals surface area (Å²) in [6.45, 7) is 4.61. The molecule has 1 heterocycles. The van der Waals surface area contributed by atoms with E-state index >= 15 is 0 Å². The highest BCUT2D eigenvalue weighted by molar-refractivity contribution is 6.35. The van der Waals surface area contributed by atoms with Gasteiger partial charge in [0.15, 0.2) is 0 Å². The summed E-state index contributed by atoms with van der Waals surface area (Å²) in [5.74, 6) is -0.636. The van der Waals surface area contributed by atoms with Crippen molar-refractivity contribution in [3.05, 3.63) is 100 Å². The Hall–Kier alpha value is -2.98. The fourth-order valence-electron chi connectivity index (χ4n) is 3.36. The summed E-state index contributed by atoms with van der Waals surface area (Å²) in [6.07, 6.45) is 0. The topological polar surface area (TPSA) is 17.8 Å². The Morgan fingerprint density at radius 3 is 2.03 bits per heavy atom. The van der Waals surface area contributed by atoms with Gasteiger partial charge in [-0.3, -0.25) is 4.68 Å². The molecule has 3 aromatic carbocycles. The number of aromatic nitrogens is 2. The molecule has 0 amide bonds. The number of hydrogen-bond acceptors (Lipinski definition) is 1. The molecule has 0 unspecified atom stereocenters. The first-order valence-corrected chi connectivity index (χ1v) is 9.64. The van der Waals surface area contributed by atoms with E-state index in [4.69, 9.17) is 16.7 Å². The van der Waals surface area contributed by atoms with Gasteiger partial charge in [-0.2, -0.15) is 5.10 Å². The van der Waals surface area contributed by atoms with Crippen LogP contribution in [0.15, 0.2) is 66.7 Å². The van der Waals surface area contributed by atoms with Crippen LogP contribution in [-0.2, 0) is 6.54 Å². The van der Waals surface area contributed by atoms with Crippen LogP contribution in [0.25, 0.3) is 22.5 Å². The average Bonchev–Trinajstić information content (AvgIpc) is 3.02. The molecule has 0 aliphatic carbocycles. The lowest BCUT2D eigenvalue weighted by Crippen LogP contribution is -2.06. The molecular weight excluding hydrogens is 390 g/mol. The molecule has 0 N–H and O–H groups in total. The van der Waals surface area contributed by atoms with Crippen LogP contribution in [0.3, 0.4) is 0 Å². The maximum atomic E-state index is 13.5. The standard InChI is InChI=1S/C24H19ClF2N2/c1-15-3-4-16(2)19(13-15)14-29-24(18-7-11-21(27)12-8-18)22(25)23(28-29)17-5-9-20(26)10-6-17/h3-13H,14H2,1-2H3. The number of rotatable bonds is 4. The molecule has 4 rings (SSSR count). The van der Waals surface area contributed by atoms with Gasteiger partial charge in [0.05, 0.1) is 17.3 Å². The quantitative estimate of drug-likeness (QED) is 0.362. The Morgan fingerprint density at radius 1 is 0.828 bits per heavy atom. The van der Waals surface area contributed by atoms with Crippen LogP contribution in [0.4, 0.5) is 8.78 Å². The van der Waals surface area contributed by atoms with Crippen molar-refractivity contribution in [2.45, 2.75) is 20.4 Å². The van der Waals surface area contributed by atoms with Crippen LogP contribution >= 0.6 is 11.6 Å². The van der Waals surface area contributed by atoms with Gasteiger partial charge < -0.3 is 0 Å². The van der Waals surface area contributed by atoms with E-state index in [1.54, 1.807) is 24.3 Å². The minimum Gasteiger partial charge on any atom is -0.258 e. The minimum absolute atomic E-state index is 0.316. The zero-order valence-corrected chi connectivity index (χ0v) is 16.8. The third-order valence-corrected chi connectivity index (χ3v) is 5.31. The lowest BCUT2D eigenvalue weighted by atomic mass is 10.1. The third-order valence-electron chi connectivity index (χ3n) is 4.95. The van der Waals surface area contributed by atoms with Gasteiger partial charge in [0.2, 0.25) is 0 Å².